The van der Waals surface area contributed by atoms with E-state index >= 15 is 0 Å². The molecule has 0 radical (unpaired) electrons. The second-order valence-corrected chi connectivity index (χ2v) is 3.41. The van der Waals surface area contributed by atoms with Gasteiger partial charge in [-0.05, 0) is 17.7 Å². The van der Waals surface area contributed by atoms with Crippen LogP contribution in [0.15, 0.2) is 30.3 Å². The molecule has 78 valence electrons. The van der Waals surface area contributed by atoms with Crippen LogP contribution >= 0.6 is 15.9 Å². The summed E-state index contributed by atoms with van der Waals surface area (Å²) >= 11 is 3.08. The van der Waals surface area contributed by atoms with E-state index in [0.717, 1.165) is 6.08 Å². The molecule has 1 N–H and O–H groups in total. The number of aliphatic carboxylic acids is 1. The van der Waals surface area contributed by atoms with Crippen LogP contribution in [0.25, 0.3) is 6.08 Å². The molecule has 15 heavy (non-hydrogen) atoms. The zero-order valence-corrected chi connectivity index (χ0v) is 9.40. The summed E-state index contributed by atoms with van der Waals surface area (Å²) in [5.41, 5.74) is 1.27. The van der Waals surface area contributed by atoms with Crippen molar-refractivity contribution in [2.24, 2.45) is 0 Å². The highest BCUT2D eigenvalue weighted by Gasteiger charge is 2.02. The van der Waals surface area contributed by atoms with Gasteiger partial charge in [0.25, 0.3) is 0 Å². The van der Waals surface area contributed by atoms with Crippen molar-refractivity contribution in [2.75, 3.05) is 5.33 Å². The van der Waals surface area contributed by atoms with Crippen LogP contribution in [0.3, 0.4) is 0 Å². The Morgan fingerprint density at radius 2 is 2.13 bits per heavy atom. The minimum Gasteiger partial charge on any atom is -0.478 e. The highest BCUT2D eigenvalue weighted by atomic mass is 79.9. The molecule has 0 saturated carbocycles. The SMILES string of the molecule is O=C(O)/C=C/c1cccc(C(=O)CBr)c1. The van der Waals surface area contributed by atoms with E-state index in [4.69, 9.17) is 5.11 Å². The van der Waals surface area contributed by atoms with Crippen LogP contribution in [0.4, 0.5) is 0 Å². The average molecular weight is 269 g/mol. The van der Waals surface area contributed by atoms with E-state index in [1.807, 2.05) is 0 Å². The van der Waals surface area contributed by atoms with Crippen LogP contribution < -0.4 is 0 Å². The number of carbonyl (C=O) groups excluding carboxylic acids is 1. The normalized spacial score (nSPS) is 10.5. The Kier molecular flexibility index (Phi) is 4.24. The molecule has 4 heteroatoms. The molecule has 0 aliphatic heterocycles. The molecule has 1 aromatic rings. The third kappa shape index (κ3) is 3.67. The van der Waals surface area contributed by atoms with Gasteiger partial charge in [-0.2, -0.15) is 0 Å². The molecule has 0 saturated heterocycles. The molecule has 0 spiro atoms. The Bertz CT molecular complexity index is 410. The van der Waals surface area contributed by atoms with Crippen molar-refractivity contribution in [3.05, 3.63) is 41.5 Å². The number of hydrogen-bond donors (Lipinski definition) is 1. The quantitative estimate of drug-likeness (QED) is 0.518. The van der Waals surface area contributed by atoms with Crippen molar-refractivity contribution < 1.29 is 14.7 Å². The molecule has 0 atom stereocenters. The molecule has 0 fully saturated rings. The maximum absolute atomic E-state index is 11.3. The van der Waals surface area contributed by atoms with E-state index in [1.54, 1.807) is 24.3 Å². The molecule has 0 aliphatic carbocycles. The van der Waals surface area contributed by atoms with Crippen molar-refractivity contribution in [3.8, 4) is 0 Å². The van der Waals surface area contributed by atoms with Gasteiger partial charge in [-0.25, -0.2) is 4.79 Å². The first-order chi connectivity index (χ1) is 7.13. The van der Waals surface area contributed by atoms with Crippen molar-refractivity contribution in [3.63, 3.8) is 0 Å². The van der Waals surface area contributed by atoms with Gasteiger partial charge in [-0.1, -0.05) is 34.1 Å². The lowest BCUT2D eigenvalue weighted by Crippen LogP contribution is -1.99. The van der Waals surface area contributed by atoms with Crippen molar-refractivity contribution >= 4 is 33.8 Å². The van der Waals surface area contributed by atoms with Gasteiger partial charge in [0.2, 0.25) is 0 Å². The molecular formula is C11H9BrO3. The summed E-state index contributed by atoms with van der Waals surface area (Å²) in [6, 6.07) is 6.81. The molecule has 3 nitrogen and oxygen atoms in total. The summed E-state index contributed by atoms with van der Waals surface area (Å²) in [4.78, 5) is 21.6. The van der Waals surface area contributed by atoms with Gasteiger partial charge in [-0.15, -0.1) is 0 Å². The van der Waals surface area contributed by atoms with E-state index < -0.39 is 5.97 Å². The number of carboxylic acid groups (broad SMARTS) is 1. The van der Waals surface area contributed by atoms with E-state index in [0.29, 0.717) is 11.1 Å². The van der Waals surface area contributed by atoms with Crippen LogP contribution in [-0.2, 0) is 4.79 Å². The van der Waals surface area contributed by atoms with Crippen LogP contribution in [0.2, 0.25) is 0 Å². The number of benzene rings is 1. The van der Waals surface area contributed by atoms with Gasteiger partial charge in [0.1, 0.15) is 0 Å². The lowest BCUT2D eigenvalue weighted by Gasteiger charge is -1.98. The molecular weight excluding hydrogens is 260 g/mol. The first-order valence-corrected chi connectivity index (χ1v) is 5.36. The number of carboxylic acids is 1. The van der Waals surface area contributed by atoms with Gasteiger partial charge >= 0.3 is 5.97 Å². The molecule has 1 rings (SSSR count). The topological polar surface area (TPSA) is 54.4 Å². The first-order valence-electron chi connectivity index (χ1n) is 4.23. The summed E-state index contributed by atoms with van der Waals surface area (Å²) in [6.07, 6.45) is 2.49. The highest BCUT2D eigenvalue weighted by molar-refractivity contribution is 9.09. The Balaban J connectivity index is 2.92. The lowest BCUT2D eigenvalue weighted by atomic mass is 10.1. The van der Waals surface area contributed by atoms with Crippen molar-refractivity contribution in [1.29, 1.82) is 0 Å². The standard InChI is InChI=1S/C11H9BrO3/c12-7-10(13)9-3-1-2-8(6-9)4-5-11(14)15/h1-6H,7H2,(H,14,15)/b5-4+. The fourth-order valence-corrected chi connectivity index (χ4v) is 1.38. The van der Waals surface area contributed by atoms with Gasteiger partial charge in [0.05, 0.1) is 5.33 Å². The summed E-state index contributed by atoms with van der Waals surface area (Å²) in [7, 11) is 0. The van der Waals surface area contributed by atoms with Gasteiger partial charge in [0.15, 0.2) is 5.78 Å². The van der Waals surface area contributed by atoms with Gasteiger partial charge in [-0.3, -0.25) is 4.79 Å². The number of hydrogen-bond acceptors (Lipinski definition) is 2. The largest absolute Gasteiger partial charge is 0.478 e. The molecule has 0 aromatic heterocycles. The van der Waals surface area contributed by atoms with Gasteiger partial charge < -0.3 is 5.11 Å². The van der Waals surface area contributed by atoms with E-state index in [1.165, 1.54) is 6.08 Å². The summed E-state index contributed by atoms with van der Waals surface area (Å²) in [6.45, 7) is 0. The second-order valence-electron chi connectivity index (χ2n) is 2.85. The highest BCUT2D eigenvalue weighted by Crippen LogP contribution is 2.08. The van der Waals surface area contributed by atoms with Crippen LogP contribution in [-0.4, -0.2) is 22.2 Å². The van der Waals surface area contributed by atoms with Gasteiger partial charge in [0, 0.05) is 11.6 Å². The molecule has 0 amide bonds. The van der Waals surface area contributed by atoms with Crippen LogP contribution in [0, 0.1) is 0 Å². The fourth-order valence-electron chi connectivity index (χ4n) is 1.06. The third-order valence-electron chi connectivity index (χ3n) is 1.75. The summed E-state index contributed by atoms with van der Waals surface area (Å²) < 4.78 is 0. The number of Topliss-reactive ketones (excluding diaryl/α,β-unsaturated/α-hetero) is 1. The predicted octanol–water partition coefficient (Wildman–Crippen LogP) is 2.36. The number of ketones is 1. The maximum Gasteiger partial charge on any atom is 0.328 e. The van der Waals surface area contributed by atoms with Crippen LogP contribution in [0.5, 0.6) is 0 Å². The average Bonchev–Trinajstić information content (AvgIpc) is 2.25. The Hall–Kier alpha value is -1.42. The molecule has 0 bridgehead atoms. The number of alkyl halides is 1. The minimum atomic E-state index is -1.01. The Morgan fingerprint density at radius 1 is 1.40 bits per heavy atom. The number of rotatable bonds is 4. The minimum absolute atomic E-state index is 0.0272. The maximum atomic E-state index is 11.3. The number of halogens is 1. The monoisotopic (exact) mass is 268 g/mol. The zero-order valence-electron chi connectivity index (χ0n) is 7.81. The first kappa shape index (κ1) is 11.7. The fraction of sp³-hybridized carbons (Fsp3) is 0.0909. The summed E-state index contributed by atoms with van der Waals surface area (Å²) in [5.74, 6) is -1.03. The van der Waals surface area contributed by atoms with E-state index in [-0.39, 0.29) is 11.1 Å². The molecule has 0 heterocycles. The smallest absolute Gasteiger partial charge is 0.328 e. The molecule has 1 aromatic carbocycles. The molecule has 0 aliphatic rings. The molecule has 0 unspecified atom stereocenters. The van der Waals surface area contributed by atoms with E-state index in [9.17, 15) is 9.59 Å². The third-order valence-corrected chi connectivity index (χ3v) is 2.26. The van der Waals surface area contributed by atoms with E-state index in [2.05, 4.69) is 15.9 Å². The zero-order chi connectivity index (χ0) is 11.3. The van der Waals surface area contributed by atoms with Crippen molar-refractivity contribution in [1.82, 2.24) is 0 Å². The predicted molar refractivity (Wildman–Crippen MR) is 61.2 cm³/mol. The number of carbonyl (C=O) groups is 2. The lowest BCUT2D eigenvalue weighted by molar-refractivity contribution is -0.131. The Morgan fingerprint density at radius 3 is 2.73 bits per heavy atom. The second kappa shape index (κ2) is 5.46. The summed E-state index contributed by atoms with van der Waals surface area (Å²) in [5, 5.41) is 8.70. The Labute approximate surface area is 95.6 Å². The van der Waals surface area contributed by atoms with Crippen LogP contribution in [0.1, 0.15) is 15.9 Å². The van der Waals surface area contributed by atoms with Crippen molar-refractivity contribution in [2.45, 2.75) is 0 Å².